The number of quaternary nitrogens is 1. The minimum Gasteiger partial charge on any atom is -0.336 e. The molecule has 5 heteroatoms. The van der Waals surface area contributed by atoms with Crippen molar-refractivity contribution in [2.45, 2.75) is 19.6 Å². The first-order valence-electron chi connectivity index (χ1n) is 7.26. The molecule has 0 spiro atoms. The zero-order valence-corrected chi connectivity index (χ0v) is 12.2. The Bertz CT molecular complexity index is 707. The lowest BCUT2D eigenvalue weighted by Crippen LogP contribution is -2.81. The quantitative estimate of drug-likeness (QED) is 0.753. The first-order chi connectivity index (χ1) is 10.8. The van der Waals surface area contributed by atoms with Crippen LogP contribution in [-0.2, 0) is 19.6 Å². The molecule has 0 radical (unpaired) electrons. The van der Waals surface area contributed by atoms with E-state index >= 15 is 0 Å². The Balaban J connectivity index is 1.59. The van der Waals surface area contributed by atoms with Gasteiger partial charge in [-0.25, -0.2) is 9.37 Å². The predicted molar refractivity (Wildman–Crippen MR) is 81.3 cm³/mol. The molecule has 4 nitrogen and oxygen atoms in total. The number of nitrogens with two attached hydrogens (primary N) is 1. The lowest BCUT2D eigenvalue weighted by atomic mass is 10.2. The minimum atomic E-state index is -0.209. The van der Waals surface area contributed by atoms with Crippen LogP contribution in [0.15, 0.2) is 61.2 Å². The van der Waals surface area contributed by atoms with Gasteiger partial charge in [-0.3, -0.25) is 4.98 Å². The molecular formula is C17H18FN4+. The fraction of sp³-hybridized carbons (Fsp3) is 0.176. The zero-order valence-electron chi connectivity index (χ0n) is 12.2. The molecule has 0 bridgehead atoms. The largest absolute Gasteiger partial charge is 0.336 e. The van der Waals surface area contributed by atoms with E-state index in [-0.39, 0.29) is 5.82 Å². The van der Waals surface area contributed by atoms with Gasteiger partial charge in [-0.1, -0.05) is 18.2 Å². The van der Waals surface area contributed by atoms with E-state index in [1.54, 1.807) is 24.5 Å². The van der Waals surface area contributed by atoms with E-state index in [2.05, 4.69) is 25.9 Å². The number of hydrogen-bond acceptors (Lipinski definition) is 2. The van der Waals surface area contributed by atoms with Crippen molar-refractivity contribution in [2.75, 3.05) is 0 Å². The molecule has 2 N–H and O–H groups in total. The van der Waals surface area contributed by atoms with Gasteiger partial charge < -0.3 is 9.88 Å². The van der Waals surface area contributed by atoms with Crippen molar-refractivity contribution >= 4 is 0 Å². The summed E-state index contributed by atoms with van der Waals surface area (Å²) >= 11 is 0. The average Bonchev–Trinajstić information content (AvgIpc) is 2.98. The van der Waals surface area contributed by atoms with Gasteiger partial charge in [0.25, 0.3) is 0 Å². The van der Waals surface area contributed by atoms with E-state index in [0.29, 0.717) is 6.54 Å². The van der Waals surface area contributed by atoms with Gasteiger partial charge in [-0.15, -0.1) is 0 Å². The molecule has 2 heterocycles. The summed E-state index contributed by atoms with van der Waals surface area (Å²) in [5.41, 5.74) is 2.26. The predicted octanol–water partition coefficient (Wildman–Crippen LogP) is 1.73. The van der Waals surface area contributed by atoms with Crippen molar-refractivity contribution in [3.8, 4) is 0 Å². The van der Waals surface area contributed by atoms with Crippen LogP contribution in [0, 0.1) is 5.82 Å². The normalized spacial score (nSPS) is 10.8. The standard InChI is InChI=1S/C17H17FN4/c18-16-5-3-14(4-6-16)13-22-9-8-21-17(22)12-20-11-15-2-1-7-19-10-15/h1-10,20H,11-13H2/p+1. The van der Waals surface area contributed by atoms with Gasteiger partial charge in [0.2, 0.25) is 0 Å². The molecule has 0 saturated heterocycles. The van der Waals surface area contributed by atoms with E-state index in [9.17, 15) is 4.39 Å². The number of pyridine rings is 1. The SMILES string of the molecule is Fc1ccc(Cn2ccnc2C[NH2+]Cc2cccnc2)cc1. The number of imidazole rings is 1. The van der Waals surface area contributed by atoms with E-state index in [4.69, 9.17) is 0 Å². The zero-order chi connectivity index (χ0) is 15.2. The Kier molecular flexibility index (Phi) is 4.56. The number of rotatable bonds is 6. The lowest BCUT2D eigenvalue weighted by molar-refractivity contribution is -0.687. The summed E-state index contributed by atoms with van der Waals surface area (Å²) in [6.45, 7) is 2.37. The Morgan fingerprint density at radius 1 is 1.00 bits per heavy atom. The van der Waals surface area contributed by atoms with Crippen LogP contribution in [-0.4, -0.2) is 14.5 Å². The van der Waals surface area contributed by atoms with Crippen LogP contribution >= 0.6 is 0 Å². The molecule has 22 heavy (non-hydrogen) atoms. The Morgan fingerprint density at radius 3 is 2.64 bits per heavy atom. The Morgan fingerprint density at radius 2 is 1.86 bits per heavy atom. The maximum absolute atomic E-state index is 12.9. The van der Waals surface area contributed by atoms with Crippen LogP contribution in [0.25, 0.3) is 0 Å². The third kappa shape index (κ3) is 3.77. The highest BCUT2D eigenvalue weighted by molar-refractivity contribution is 5.17. The molecule has 3 aromatic rings. The van der Waals surface area contributed by atoms with Crippen LogP contribution < -0.4 is 5.32 Å². The van der Waals surface area contributed by atoms with E-state index in [1.165, 1.54) is 17.7 Å². The molecule has 0 amide bonds. The second-order valence-corrected chi connectivity index (χ2v) is 5.16. The monoisotopic (exact) mass is 297 g/mol. The Hall–Kier alpha value is -2.53. The van der Waals surface area contributed by atoms with Gasteiger partial charge in [0, 0.05) is 36.9 Å². The van der Waals surface area contributed by atoms with E-state index < -0.39 is 0 Å². The van der Waals surface area contributed by atoms with E-state index in [0.717, 1.165) is 24.5 Å². The second kappa shape index (κ2) is 6.95. The Labute approximate surface area is 128 Å². The van der Waals surface area contributed by atoms with Crippen molar-refractivity contribution < 1.29 is 9.71 Å². The highest BCUT2D eigenvalue weighted by Gasteiger charge is 2.06. The van der Waals surface area contributed by atoms with Crippen LogP contribution in [0.1, 0.15) is 17.0 Å². The summed E-state index contributed by atoms with van der Waals surface area (Å²) in [6, 6.07) is 10.6. The molecule has 3 rings (SSSR count). The molecule has 0 aliphatic heterocycles. The first kappa shape index (κ1) is 14.4. The minimum absolute atomic E-state index is 0.209. The van der Waals surface area contributed by atoms with Crippen LogP contribution in [0.3, 0.4) is 0 Å². The third-order valence-corrected chi connectivity index (χ3v) is 3.50. The van der Waals surface area contributed by atoms with Crippen molar-refractivity contribution in [2.24, 2.45) is 0 Å². The molecule has 0 fully saturated rings. The molecule has 2 aromatic heterocycles. The third-order valence-electron chi connectivity index (χ3n) is 3.50. The van der Waals surface area contributed by atoms with Crippen molar-refractivity contribution in [3.63, 3.8) is 0 Å². The van der Waals surface area contributed by atoms with Gasteiger partial charge >= 0.3 is 0 Å². The van der Waals surface area contributed by atoms with Gasteiger partial charge in [0.05, 0.1) is 0 Å². The van der Waals surface area contributed by atoms with Gasteiger partial charge in [0.15, 0.2) is 5.82 Å². The highest BCUT2D eigenvalue weighted by atomic mass is 19.1. The molecule has 0 saturated carbocycles. The molecule has 1 aromatic carbocycles. The number of benzene rings is 1. The summed E-state index contributed by atoms with van der Waals surface area (Å²) in [4.78, 5) is 8.51. The summed E-state index contributed by atoms with van der Waals surface area (Å²) in [5, 5.41) is 2.19. The maximum Gasteiger partial charge on any atom is 0.164 e. The van der Waals surface area contributed by atoms with Crippen LogP contribution in [0.5, 0.6) is 0 Å². The maximum atomic E-state index is 12.9. The first-order valence-corrected chi connectivity index (χ1v) is 7.26. The van der Waals surface area contributed by atoms with Crippen molar-refractivity contribution in [1.82, 2.24) is 14.5 Å². The van der Waals surface area contributed by atoms with Crippen molar-refractivity contribution in [1.29, 1.82) is 0 Å². The number of aromatic nitrogens is 3. The summed E-state index contributed by atoms with van der Waals surface area (Å²) in [6.07, 6.45) is 7.41. The fourth-order valence-corrected chi connectivity index (χ4v) is 2.35. The smallest absolute Gasteiger partial charge is 0.164 e. The van der Waals surface area contributed by atoms with Gasteiger partial charge in [-0.2, -0.15) is 0 Å². The van der Waals surface area contributed by atoms with Gasteiger partial charge in [0.1, 0.15) is 18.9 Å². The topological polar surface area (TPSA) is 47.3 Å². The van der Waals surface area contributed by atoms with E-state index in [1.807, 2.05) is 18.5 Å². The number of halogens is 1. The lowest BCUT2D eigenvalue weighted by Gasteiger charge is -2.07. The van der Waals surface area contributed by atoms with Gasteiger partial charge in [-0.05, 0) is 23.8 Å². The summed E-state index contributed by atoms with van der Waals surface area (Å²) in [5.74, 6) is 0.799. The van der Waals surface area contributed by atoms with Crippen LogP contribution in [0.4, 0.5) is 4.39 Å². The molecule has 0 atom stereocenters. The number of hydrogen-bond donors (Lipinski definition) is 1. The van der Waals surface area contributed by atoms with Crippen molar-refractivity contribution in [3.05, 3.63) is 84.0 Å². The molecular weight excluding hydrogens is 279 g/mol. The molecule has 0 aliphatic rings. The number of nitrogens with zero attached hydrogens (tertiary/aromatic N) is 3. The highest BCUT2D eigenvalue weighted by Crippen LogP contribution is 2.07. The fourth-order valence-electron chi connectivity index (χ4n) is 2.35. The average molecular weight is 297 g/mol. The molecule has 0 unspecified atom stereocenters. The van der Waals surface area contributed by atoms with Crippen LogP contribution in [0.2, 0.25) is 0 Å². The summed E-state index contributed by atoms with van der Waals surface area (Å²) < 4.78 is 15.0. The molecule has 0 aliphatic carbocycles. The second-order valence-electron chi connectivity index (χ2n) is 5.16. The summed E-state index contributed by atoms with van der Waals surface area (Å²) in [7, 11) is 0. The molecule has 112 valence electrons.